The van der Waals surface area contributed by atoms with Crippen LogP contribution in [0.1, 0.15) is 20.8 Å². The normalized spacial score (nSPS) is 25.5. The van der Waals surface area contributed by atoms with Crippen molar-refractivity contribution >= 4 is 11.6 Å². The number of rotatable bonds is 0. The van der Waals surface area contributed by atoms with E-state index in [1.54, 1.807) is 13.8 Å². The van der Waals surface area contributed by atoms with E-state index in [4.69, 9.17) is 5.73 Å². The van der Waals surface area contributed by atoms with Gasteiger partial charge in [0.05, 0.1) is 0 Å². The minimum atomic E-state index is -0.293. The van der Waals surface area contributed by atoms with E-state index in [9.17, 15) is 4.79 Å². The van der Waals surface area contributed by atoms with E-state index >= 15 is 0 Å². The zero-order valence-corrected chi connectivity index (χ0v) is 7.01. The van der Waals surface area contributed by atoms with Gasteiger partial charge in [0.1, 0.15) is 11.9 Å². The summed E-state index contributed by atoms with van der Waals surface area (Å²) in [6.07, 6.45) is 0. The Balaban J connectivity index is 3.12. The van der Waals surface area contributed by atoms with Crippen LogP contribution in [-0.4, -0.2) is 17.7 Å². The second-order valence-electron chi connectivity index (χ2n) is 2.80. The fourth-order valence-electron chi connectivity index (χ4n) is 1.05. The molecule has 0 radical (unpaired) electrons. The average molecular weight is 152 g/mol. The molecule has 0 bridgehead atoms. The van der Waals surface area contributed by atoms with E-state index in [-0.39, 0.29) is 11.8 Å². The summed E-state index contributed by atoms with van der Waals surface area (Å²) in [6, 6.07) is -0.293. The van der Waals surface area contributed by atoms with Crippen molar-refractivity contribution in [1.29, 1.82) is 0 Å². The third-order valence-electron chi connectivity index (χ3n) is 2.03. The smallest absolute Gasteiger partial charge is 0.183 e. The Hall–Kier alpha value is -1.12. The number of carbonyl (C=O) groups excluding carboxylic acids is 1. The van der Waals surface area contributed by atoms with Gasteiger partial charge >= 0.3 is 0 Å². The van der Waals surface area contributed by atoms with Gasteiger partial charge in [-0.3, -0.25) is 9.79 Å². The van der Waals surface area contributed by atoms with Gasteiger partial charge in [-0.2, -0.15) is 0 Å². The Morgan fingerprint density at radius 2 is 1.91 bits per heavy atom. The Morgan fingerprint density at radius 1 is 1.36 bits per heavy atom. The lowest BCUT2D eigenvalue weighted by Gasteiger charge is -2.16. The van der Waals surface area contributed by atoms with Crippen LogP contribution in [0.3, 0.4) is 0 Å². The summed E-state index contributed by atoms with van der Waals surface area (Å²) in [7, 11) is 0. The molecule has 0 aromatic heterocycles. The van der Waals surface area contributed by atoms with E-state index in [0.717, 1.165) is 11.1 Å². The lowest BCUT2D eigenvalue weighted by Crippen LogP contribution is -2.29. The van der Waals surface area contributed by atoms with Gasteiger partial charge in [0, 0.05) is 5.57 Å². The molecule has 1 atom stereocenters. The van der Waals surface area contributed by atoms with E-state index in [0.29, 0.717) is 5.84 Å². The number of amidine groups is 1. The molecule has 0 amide bonds. The monoisotopic (exact) mass is 152 g/mol. The number of nitrogens with two attached hydrogens (primary N) is 1. The number of hydrogen-bond donors (Lipinski definition) is 1. The lowest BCUT2D eigenvalue weighted by atomic mass is 9.99. The molecule has 2 N–H and O–H groups in total. The maximum atomic E-state index is 11.3. The molecule has 1 heterocycles. The highest BCUT2D eigenvalue weighted by molar-refractivity contribution is 6.12. The largest absolute Gasteiger partial charge is 0.384 e. The summed E-state index contributed by atoms with van der Waals surface area (Å²) in [4.78, 5) is 15.2. The molecule has 0 saturated heterocycles. The summed E-state index contributed by atoms with van der Waals surface area (Å²) in [5, 5.41) is 0. The average Bonchev–Trinajstić information content (AvgIpc) is 1.97. The first-order valence-electron chi connectivity index (χ1n) is 3.59. The van der Waals surface area contributed by atoms with Gasteiger partial charge in [0.25, 0.3) is 0 Å². The van der Waals surface area contributed by atoms with Crippen molar-refractivity contribution in [2.24, 2.45) is 10.7 Å². The van der Waals surface area contributed by atoms with Crippen molar-refractivity contribution in [2.75, 3.05) is 0 Å². The van der Waals surface area contributed by atoms with E-state index < -0.39 is 0 Å². The number of aliphatic imine (C=N–C) groups is 1. The molecular weight excluding hydrogens is 140 g/mol. The molecular formula is C8H12N2O. The Morgan fingerprint density at radius 3 is 2.45 bits per heavy atom. The van der Waals surface area contributed by atoms with Crippen LogP contribution in [0.15, 0.2) is 16.1 Å². The molecule has 1 rings (SSSR count). The molecule has 1 unspecified atom stereocenters. The lowest BCUT2D eigenvalue weighted by molar-refractivity contribution is -0.116. The number of ketones is 1. The third-order valence-corrected chi connectivity index (χ3v) is 2.03. The van der Waals surface area contributed by atoms with Gasteiger partial charge in [-0.05, 0) is 26.3 Å². The summed E-state index contributed by atoms with van der Waals surface area (Å²) < 4.78 is 0. The van der Waals surface area contributed by atoms with Gasteiger partial charge < -0.3 is 5.73 Å². The van der Waals surface area contributed by atoms with Crippen LogP contribution in [0.5, 0.6) is 0 Å². The van der Waals surface area contributed by atoms with Crippen molar-refractivity contribution in [3.63, 3.8) is 0 Å². The van der Waals surface area contributed by atoms with Gasteiger partial charge in [-0.25, -0.2) is 0 Å². The van der Waals surface area contributed by atoms with Crippen LogP contribution < -0.4 is 5.73 Å². The molecule has 0 fully saturated rings. The maximum Gasteiger partial charge on any atom is 0.183 e. The van der Waals surface area contributed by atoms with Gasteiger partial charge in [-0.15, -0.1) is 0 Å². The van der Waals surface area contributed by atoms with Crippen LogP contribution in [-0.2, 0) is 4.79 Å². The summed E-state index contributed by atoms with van der Waals surface area (Å²) in [5.74, 6) is 0.575. The Labute approximate surface area is 66.0 Å². The summed E-state index contributed by atoms with van der Waals surface area (Å²) in [5.41, 5.74) is 7.12. The standard InChI is InChI=1S/C8H12N2O/c1-4-5(2)8(9)10-6(3)7(4)11/h6H,1-3H3,(H2,9,10). The van der Waals surface area contributed by atoms with Gasteiger partial charge in [0.15, 0.2) is 5.78 Å². The third kappa shape index (κ3) is 1.18. The minimum absolute atomic E-state index is 0.0803. The van der Waals surface area contributed by atoms with Crippen LogP contribution in [0.4, 0.5) is 0 Å². The molecule has 3 nitrogen and oxygen atoms in total. The highest BCUT2D eigenvalue weighted by Gasteiger charge is 2.21. The van der Waals surface area contributed by atoms with E-state index in [1.165, 1.54) is 0 Å². The molecule has 11 heavy (non-hydrogen) atoms. The highest BCUT2D eigenvalue weighted by atomic mass is 16.1. The number of hydrogen-bond acceptors (Lipinski definition) is 3. The molecule has 0 aromatic carbocycles. The molecule has 1 aliphatic rings. The maximum absolute atomic E-state index is 11.3. The van der Waals surface area contributed by atoms with Crippen LogP contribution in [0.2, 0.25) is 0 Å². The quantitative estimate of drug-likeness (QED) is 0.554. The molecule has 0 aromatic rings. The Kier molecular flexibility index (Phi) is 1.81. The van der Waals surface area contributed by atoms with Crippen molar-refractivity contribution in [1.82, 2.24) is 0 Å². The summed E-state index contributed by atoms with van der Waals surface area (Å²) >= 11 is 0. The number of dihydropyridines is 1. The van der Waals surface area contributed by atoms with Crippen LogP contribution >= 0.6 is 0 Å². The molecule has 0 saturated carbocycles. The van der Waals surface area contributed by atoms with Gasteiger partial charge in [0.2, 0.25) is 0 Å². The zero-order chi connectivity index (χ0) is 8.59. The van der Waals surface area contributed by atoms with Crippen LogP contribution in [0, 0.1) is 0 Å². The molecule has 0 aliphatic carbocycles. The van der Waals surface area contributed by atoms with E-state index in [2.05, 4.69) is 4.99 Å². The molecule has 60 valence electrons. The minimum Gasteiger partial charge on any atom is -0.384 e. The molecule has 1 aliphatic heterocycles. The number of carbonyl (C=O) groups is 1. The molecule has 0 spiro atoms. The zero-order valence-electron chi connectivity index (χ0n) is 7.01. The first kappa shape index (κ1) is 7.98. The highest BCUT2D eigenvalue weighted by Crippen LogP contribution is 2.14. The van der Waals surface area contributed by atoms with E-state index in [1.807, 2.05) is 6.92 Å². The fourth-order valence-corrected chi connectivity index (χ4v) is 1.05. The SMILES string of the molecule is CC1=C(C)C(N)=NC(C)C1=O. The van der Waals surface area contributed by atoms with Gasteiger partial charge in [-0.1, -0.05) is 0 Å². The number of nitrogens with zero attached hydrogens (tertiary/aromatic N) is 1. The predicted octanol–water partition coefficient (Wildman–Crippen LogP) is 0.651. The first-order valence-corrected chi connectivity index (χ1v) is 3.59. The van der Waals surface area contributed by atoms with Crippen molar-refractivity contribution in [3.8, 4) is 0 Å². The predicted molar refractivity (Wildman–Crippen MR) is 44.5 cm³/mol. The Bertz CT molecular complexity index is 263. The topological polar surface area (TPSA) is 55.4 Å². The van der Waals surface area contributed by atoms with Crippen LogP contribution in [0.25, 0.3) is 0 Å². The van der Waals surface area contributed by atoms with Crippen molar-refractivity contribution < 1.29 is 4.79 Å². The van der Waals surface area contributed by atoms with Crippen molar-refractivity contribution in [2.45, 2.75) is 26.8 Å². The molecule has 3 heteroatoms. The second-order valence-corrected chi connectivity index (χ2v) is 2.80. The first-order chi connectivity index (χ1) is 5.04. The summed E-state index contributed by atoms with van der Waals surface area (Å²) in [6.45, 7) is 5.36. The van der Waals surface area contributed by atoms with Crippen molar-refractivity contribution in [3.05, 3.63) is 11.1 Å². The fraction of sp³-hybridized carbons (Fsp3) is 0.500. The number of Topliss-reactive ketones (excluding diaryl/α,β-unsaturated/α-hetero) is 1. The second kappa shape index (κ2) is 2.49.